The molecule has 0 unspecified atom stereocenters. The van der Waals surface area contributed by atoms with Crippen LogP contribution in [0.25, 0.3) is 10.8 Å². The van der Waals surface area contributed by atoms with E-state index in [1.54, 1.807) is 6.07 Å². The number of rotatable bonds is 3. The Bertz CT molecular complexity index is 949. The molecule has 22 heavy (non-hydrogen) atoms. The van der Waals surface area contributed by atoms with Gasteiger partial charge in [0.25, 0.3) is 10.1 Å². The molecule has 0 radical (unpaired) electrons. The first-order valence-electron chi connectivity index (χ1n) is 6.77. The van der Waals surface area contributed by atoms with Crippen LogP contribution in [0.3, 0.4) is 0 Å². The summed E-state index contributed by atoms with van der Waals surface area (Å²) >= 11 is 0. The lowest BCUT2D eigenvalue weighted by molar-refractivity contribution is 0.483. The first kappa shape index (κ1) is 14.6. The molecule has 0 aromatic heterocycles. The Morgan fingerprint density at radius 1 is 0.909 bits per heavy atom. The highest BCUT2D eigenvalue weighted by Gasteiger charge is 2.10. The van der Waals surface area contributed by atoms with Gasteiger partial charge in [0, 0.05) is 11.4 Å². The van der Waals surface area contributed by atoms with Crippen molar-refractivity contribution >= 4 is 32.3 Å². The third-order valence-electron chi connectivity index (χ3n) is 3.53. The van der Waals surface area contributed by atoms with Gasteiger partial charge in [0.1, 0.15) is 0 Å². The van der Waals surface area contributed by atoms with Gasteiger partial charge in [0.2, 0.25) is 0 Å². The van der Waals surface area contributed by atoms with E-state index in [-0.39, 0.29) is 4.90 Å². The van der Waals surface area contributed by atoms with Crippen LogP contribution in [0, 0.1) is 6.92 Å². The van der Waals surface area contributed by atoms with Gasteiger partial charge in [-0.3, -0.25) is 4.55 Å². The Hall–Kier alpha value is -2.37. The monoisotopic (exact) mass is 313 g/mol. The molecule has 0 bridgehead atoms. The minimum Gasteiger partial charge on any atom is -0.355 e. The molecule has 0 amide bonds. The predicted molar refractivity (Wildman–Crippen MR) is 88.2 cm³/mol. The lowest BCUT2D eigenvalue weighted by Gasteiger charge is -2.10. The third-order valence-corrected chi connectivity index (χ3v) is 4.38. The molecule has 3 aromatic rings. The summed E-state index contributed by atoms with van der Waals surface area (Å²) in [5, 5.41) is 4.99. The molecule has 4 nitrogen and oxygen atoms in total. The molecule has 2 N–H and O–H groups in total. The second kappa shape index (κ2) is 5.44. The van der Waals surface area contributed by atoms with Crippen LogP contribution in [0.5, 0.6) is 0 Å². The van der Waals surface area contributed by atoms with Crippen LogP contribution in [0.1, 0.15) is 5.56 Å². The summed E-state index contributed by atoms with van der Waals surface area (Å²) in [5.41, 5.74) is 3.09. The van der Waals surface area contributed by atoms with Crippen molar-refractivity contribution < 1.29 is 13.0 Å². The highest BCUT2D eigenvalue weighted by atomic mass is 32.2. The molecule has 0 saturated heterocycles. The predicted octanol–water partition coefficient (Wildman–Crippen LogP) is 4.14. The summed E-state index contributed by atoms with van der Waals surface area (Å²) in [4.78, 5) is -0.0976. The van der Waals surface area contributed by atoms with E-state index in [9.17, 15) is 8.42 Å². The molecular formula is C17H15NO3S. The van der Waals surface area contributed by atoms with Crippen LogP contribution in [0.2, 0.25) is 0 Å². The Balaban J connectivity index is 1.99. The van der Waals surface area contributed by atoms with Gasteiger partial charge in [-0.1, -0.05) is 30.3 Å². The molecule has 0 fully saturated rings. The zero-order valence-electron chi connectivity index (χ0n) is 11.9. The summed E-state index contributed by atoms with van der Waals surface area (Å²) in [6, 6.07) is 18.2. The quantitative estimate of drug-likeness (QED) is 0.713. The van der Waals surface area contributed by atoms with Crippen molar-refractivity contribution in [2.45, 2.75) is 11.8 Å². The highest BCUT2D eigenvalue weighted by molar-refractivity contribution is 7.85. The van der Waals surface area contributed by atoms with Crippen LogP contribution in [0.4, 0.5) is 11.4 Å². The second-order valence-electron chi connectivity index (χ2n) is 5.14. The topological polar surface area (TPSA) is 66.4 Å². The molecule has 0 aliphatic heterocycles. The number of aryl methyl sites for hydroxylation is 1. The lowest BCUT2D eigenvalue weighted by Crippen LogP contribution is -1.97. The molecule has 5 heteroatoms. The standard InChI is InChI=1S/C17H15NO3S/c1-12-4-2-3-5-17(12)18-15-8-6-14-11-16(22(19,20)21)9-7-13(14)10-15/h2-11,18H,1H3,(H,19,20,21). The Labute approximate surface area is 129 Å². The van der Waals surface area contributed by atoms with E-state index in [1.807, 2.05) is 49.4 Å². The van der Waals surface area contributed by atoms with Gasteiger partial charge in [-0.2, -0.15) is 8.42 Å². The van der Waals surface area contributed by atoms with E-state index in [0.29, 0.717) is 0 Å². The molecule has 0 aliphatic rings. The van der Waals surface area contributed by atoms with Gasteiger partial charge >= 0.3 is 0 Å². The van der Waals surface area contributed by atoms with Gasteiger partial charge in [-0.25, -0.2) is 0 Å². The van der Waals surface area contributed by atoms with Crippen molar-refractivity contribution in [2.75, 3.05) is 5.32 Å². The minimum atomic E-state index is -4.17. The van der Waals surface area contributed by atoms with E-state index >= 15 is 0 Å². The lowest BCUT2D eigenvalue weighted by atomic mass is 10.1. The Morgan fingerprint density at radius 3 is 2.32 bits per heavy atom. The fraction of sp³-hybridized carbons (Fsp3) is 0.0588. The van der Waals surface area contributed by atoms with Crippen LogP contribution in [0.15, 0.2) is 65.6 Å². The van der Waals surface area contributed by atoms with Crippen molar-refractivity contribution in [3.8, 4) is 0 Å². The summed E-state index contributed by atoms with van der Waals surface area (Å²) < 4.78 is 31.4. The first-order valence-corrected chi connectivity index (χ1v) is 8.21. The molecule has 0 saturated carbocycles. The van der Waals surface area contributed by atoms with E-state index in [0.717, 1.165) is 27.7 Å². The minimum absolute atomic E-state index is 0.0976. The maximum Gasteiger partial charge on any atom is 0.294 e. The molecule has 0 spiro atoms. The number of hydrogen-bond acceptors (Lipinski definition) is 3. The third kappa shape index (κ3) is 2.95. The number of anilines is 2. The van der Waals surface area contributed by atoms with E-state index in [4.69, 9.17) is 4.55 Å². The number of hydrogen-bond donors (Lipinski definition) is 2. The number of nitrogens with one attached hydrogen (secondary N) is 1. The summed E-state index contributed by atoms with van der Waals surface area (Å²) in [5.74, 6) is 0. The molecule has 0 heterocycles. The summed E-state index contributed by atoms with van der Waals surface area (Å²) in [7, 11) is -4.17. The molecule has 3 rings (SSSR count). The smallest absolute Gasteiger partial charge is 0.294 e. The number of fused-ring (bicyclic) bond motifs is 1. The van der Waals surface area contributed by atoms with Crippen molar-refractivity contribution in [1.29, 1.82) is 0 Å². The van der Waals surface area contributed by atoms with Crippen LogP contribution < -0.4 is 5.32 Å². The number of benzene rings is 3. The normalized spacial score (nSPS) is 11.5. The largest absolute Gasteiger partial charge is 0.355 e. The Morgan fingerprint density at radius 2 is 1.59 bits per heavy atom. The molecular weight excluding hydrogens is 298 g/mol. The van der Waals surface area contributed by atoms with Crippen LogP contribution in [-0.4, -0.2) is 13.0 Å². The molecule has 0 atom stereocenters. The van der Waals surface area contributed by atoms with Crippen LogP contribution >= 0.6 is 0 Å². The average molecular weight is 313 g/mol. The average Bonchev–Trinajstić information content (AvgIpc) is 2.48. The summed E-state index contributed by atoms with van der Waals surface area (Å²) in [6.45, 7) is 2.03. The zero-order chi connectivity index (χ0) is 15.7. The SMILES string of the molecule is Cc1ccccc1Nc1ccc2cc(S(=O)(=O)O)ccc2c1. The van der Waals surface area contributed by atoms with Crippen molar-refractivity contribution in [2.24, 2.45) is 0 Å². The molecule has 3 aromatic carbocycles. The van der Waals surface area contributed by atoms with Gasteiger partial charge in [-0.05, 0) is 53.6 Å². The van der Waals surface area contributed by atoms with E-state index in [1.165, 1.54) is 12.1 Å². The first-order chi connectivity index (χ1) is 10.4. The molecule has 112 valence electrons. The Kier molecular flexibility index (Phi) is 3.60. The van der Waals surface area contributed by atoms with Gasteiger partial charge < -0.3 is 5.32 Å². The fourth-order valence-electron chi connectivity index (χ4n) is 2.33. The maximum atomic E-state index is 11.2. The number of para-hydroxylation sites is 1. The zero-order valence-corrected chi connectivity index (χ0v) is 12.8. The second-order valence-corrected chi connectivity index (χ2v) is 6.56. The maximum absolute atomic E-state index is 11.2. The van der Waals surface area contributed by atoms with Crippen molar-refractivity contribution in [3.63, 3.8) is 0 Å². The van der Waals surface area contributed by atoms with E-state index in [2.05, 4.69) is 5.32 Å². The van der Waals surface area contributed by atoms with Gasteiger partial charge in [0.05, 0.1) is 4.90 Å². The van der Waals surface area contributed by atoms with Gasteiger partial charge in [0.15, 0.2) is 0 Å². The summed E-state index contributed by atoms with van der Waals surface area (Å²) in [6.07, 6.45) is 0. The van der Waals surface area contributed by atoms with Crippen molar-refractivity contribution in [3.05, 3.63) is 66.2 Å². The van der Waals surface area contributed by atoms with Crippen molar-refractivity contribution in [1.82, 2.24) is 0 Å². The molecule has 0 aliphatic carbocycles. The fourth-order valence-corrected chi connectivity index (χ4v) is 2.85. The highest BCUT2D eigenvalue weighted by Crippen LogP contribution is 2.25. The van der Waals surface area contributed by atoms with E-state index < -0.39 is 10.1 Å². The van der Waals surface area contributed by atoms with Gasteiger partial charge in [-0.15, -0.1) is 0 Å². The van der Waals surface area contributed by atoms with Crippen LogP contribution in [-0.2, 0) is 10.1 Å².